The molecule has 0 radical (unpaired) electrons. The number of sulfonamides is 1. The highest BCUT2D eigenvalue weighted by Gasteiger charge is 2.21. The SMILES string of the molecule is CCS(=O)(=O)NCCCNC(=NC)NC1CCN(C(C)C)CC1. The molecule has 0 aromatic carbocycles. The summed E-state index contributed by atoms with van der Waals surface area (Å²) in [5.41, 5.74) is 0. The van der Waals surface area contributed by atoms with E-state index >= 15 is 0 Å². The number of likely N-dealkylation sites (tertiary alicyclic amines) is 1. The van der Waals surface area contributed by atoms with Crippen LogP contribution in [0.3, 0.4) is 0 Å². The van der Waals surface area contributed by atoms with Crippen molar-refractivity contribution in [2.75, 3.05) is 39.0 Å². The number of rotatable bonds is 8. The second kappa shape index (κ2) is 10.1. The predicted molar refractivity (Wildman–Crippen MR) is 96.3 cm³/mol. The van der Waals surface area contributed by atoms with Crippen molar-refractivity contribution in [1.29, 1.82) is 0 Å². The Morgan fingerprint density at radius 1 is 1.26 bits per heavy atom. The average Bonchev–Trinajstić information content (AvgIpc) is 2.53. The van der Waals surface area contributed by atoms with E-state index in [0.717, 1.165) is 38.3 Å². The zero-order valence-electron chi connectivity index (χ0n) is 14.9. The lowest BCUT2D eigenvalue weighted by atomic mass is 10.0. The van der Waals surface area contributed by atoms with Crippen LogP contribution >= 0.6 is 0 Å². The molecule has 7 nitrogen and oxygen atoms in total. The molecule has 1 saturated heterocycles. The van der Waals surface area contributed by atoms with Gasteiger partial charge in [0.25, 0.3) is 0 Å². The van der Waals surface area contributed by atoms with Gasteiger partial charge in [0.1, 0.15) is 0 Å². The van der Waals surface area contributed by atoms with Gasteiger partial charge in [-0.1, -0.05) is 0 Å². The Morgan fingerprint density at radius 2 is 1.91 bits per heavy atom. The minimum absolute atomic E-state index is 0.124. The molecule has 0 bridgehead atoms. The summed E-state index contributed by atoms with van der Waals surface area (Å²) in [6.07, 6.45) is 2.97. The molecule has 136 valence electrons. The molecule has 1 aliphatic rings. The molecule has 0 spiro atoms. The molecule has 1 rings (SSSR count). The van der Waals surface area contributed by atoms with Crippen LogP contribution in [0.15, 0.2) is 4.99 Å². The fraction of sp³-hybridized carbons (Fsp3) is 0.933. The van der Waals surface area contributed by atoms with E-state index in [9.17, 15) is 8.42 Å². The molecule has 1 aliphatic heterocycles. The molecule has 0 amide bonds. The van der Waals surface area contributed by atoms with Crippen LogP contribution in [0, 0.1) is 0 Å². The zero-order chi connectivity index (χ0) is 17.3. The summed E-state index contributed by atoms with van der Waals surface area (Å²) in [4.78, 5) is 6.74. The van der Waals surface area contributed by atoms with Gasteiger partial charge < -0.3 is 15.5 Å². The Kier molecular flexibility index (Phi) is 8.86. The van der Waals surface area contributed by atoms with Gasteiger partial charge in [-0.2, -0.15) is 0 Å². The van der Waals surface area contributed by atoms with E-state index in [4.69, 9.17) is 0 Å². The van der Waals surface area contributed by atoms with Crippen LogP contribution in [-0.2, 0) is 10.0 Å². The van der Waals surface area contributed by atoms with Crippen LogP contribution in [0.4, 0.5) is 0 Å². The lowest BCUT2D eigenvalue weighted by Crippen LogP contribution is -2.50. The number of aliphatic imine (C=N–C) groups is 1. The van der Waals surface area contributed by atoms with Gasteiger partial charge in [0.2, 0.25) is 10.0 Å². The molecule has 0 unspecified atom stereocenters. The summed E-state index contributed by atoms with van der Waals surface area (Å²) in [6, 6.07) is 1.06. The van der Waals surface area contributed by atoms with Crippen molar-refractivity contribution in [3.8, 4) is 0 Å². The van der Waals surface area contributed by atoms with Gasteiger partial charge in [-0.15, -0.1) is 0 Å². The molecule has 0 aliphatic carbocycles. The van der Waals surface area contributed by atoms with Crippen LogP contribution in [-0.4, -0.2) is 70.3 Å². The van der Waals surface area contributed by atoms with Gasteiger partial charge in [-0.05, 0) is 40.0 Å². The van der Waals surface area contributed by atoms with E-state index in [1.54, 1.807) is 14.0 Å². The van der Waals surface area contributed by atoms with Crippen molar-refractivity contribution < 1.29 is 8.42 Å². The second-order valence-corrected chi connectivity index (χ2v) is 8.29. The third kappa shape index (κ3) is 7.99. The highest BCUT2D eigenvalue weighted by molar-refractivity contribution is 7.89. The largest absolute Gasteiger partial charge is 0.356 e. The third-order valence-electron chi connectivity index (χ3n) is 4.17. The first-order chi connectivity index (χ1) is 10.9. The first kappa shape index (κ1) is 20.2. The summed E-state index contributed by atoms with van der Waals surface area (Å²) in [5.74, 6) is 0.921. The number of nitrogens with zero attached hydrogens (tertiary/aromatic N) is 2. The Labute approximate surface area is 141 Å². The predicted octanol–water partition coefficient (Wildman–Crippen LogP) is 0.354. The summed E-state index contributed by atoms with van der Waals surface area (Å²) in [6.45, 7) is 9.49. The third-order valence-corrected chi connectivity index (χ3v) is 5.58. The van der Waals surface area contributed by atoms with Gasteiger partial charge in [-0.3, -0.25) is 4.99 Å². The van der Waals surface area contributed by atoms with Crippen molar-refractivity contribution in [2.24, 2.45) is 4.99 Å². The normalized spacial score (nSPS) is 18.4. The summed E-state index contributed by atoms with van der Waals surface area (Å²) < 4.78 is 25.2. The molecule has 3 N–H and O–H groups in total. The van der Waals surface area contributed by atoms with E-state index in [1.165, 1.54) is 0 Å². The summed E-state index contributed by atoms with van der Waals surface area (Å²) in [5, 5.41) is 6.70. The summed E-state index contributed by atoms with van der Waals surface area (Å²) in [7, 11) is -1.33. The van der Waals surface area contributed by atoms with Gasteiger partial charge >= 0.3 is 0 Å². The van der Waals surface area contributed by atoms with Crippen molar-refractivity contribution >= 4 is 16.0 Å². The molecule has 23 heavy (non-hydrogen) atoms. The maximum absolute atomic E-state index is 11.3. The zero-order valence-corrected chi connectivity index (χ0v) is 15.7. The minimum Gasteiger partial charge on any atom is -0.356 e. The number of guanidine groups is 1. The summed E-state index contributed by atoms with van der Waals surface area (Å²) >= 11 is 0. The van der Waals surface area contributed by atoms with Crippen LogP contribution < -0.4 is 15.4 Å². The van der Waals surface area contributed by atoms with Gasteiger partial charge in [-0.25, -0.2) is 13.1 Å². The highest BCUT2D eigenvalue weighted by Crippen LogP contribution is 2.12. The van der Waals surface area contributed by atoms with E-state index in [0.29, 0.717) is 25.2 Å². The molecule has 0 aromatic heterocycles. The quantitative estimate of drug-likeness (QED) is 0.335. The number of hydrogen-bond donors (Lipinski definition) is 3. The maximum atomic E-state index is 11.3. The topological polar surface area (TPSA) is 85.8 Å². The van der Waals surface area contributed by atoms with Crippen LogP contribution in [0.5, 0.6) is 0 Å². The minimum atomic E-state index is -3.09. The first-order valence-electron chi connectivity index (χ1n) is 8.56. The fourth-order valence-corrected chi connectivity index (χ4v) is 3.23. The molecule has 1 heterocycles. The fourth-order valence-electron chi connectivity index (χ4n) is 2.57. The van der Waals surface area contributed by atoms with Gasteiger partial charge in [0.15, 0.2) is 5.96 Å². The smallest absolute Gasteiger partial charge is 0.211 e. The maximum Gasteiger partial charge on any atom is 0.211 e. The molecular weight excluding hydrogens is 314 g/mol. The van der Waals surface area contributed by atoms with E-state index in [-0.39, 0.29) is 5.75 Å². The Hall–Kier alpha value is -0.860. The molecule has 0 saturated carbocycles. The van der Waals surface area contributed by atoms with Gasteiger partial charge in [0, 0.05) is 45.3 Å². The number of hydrogen-bond acceptors (Lipinski definition) is 4. The van der Waals surface area contributed by atoms with Crippen LogP contribution in [0.2, 0.25) is 0 Å². The lowest BCUT2D eigenvalue weighted by Gasteiger charge is -2.35. The van der Waals surface area contributed by atoms with Crippen molar-refractivity contribution in [3.63, 3.8) is 0 Å². The lowest BCUT2D eigenvalue weighted by molar-refractivity contribution is 0.167. The molecule has 0 aromatic rings. The van der Waals surface area contributed by atoms with Crippen molar-refractivity contribution in [3.05, 3.63) is 0 Å². The Balaban J connectivity index is 2.21. The molecule has 8 heteroatoms. The van der Waals surface area contributed by atoms with E-state index in [1.807, 2.05) is 0 Å². The number of piperidine rings is 1. The first-order valence-corrected chi connectivity index (χ1v) is 10.2. The van der Waals surface area contributed by atoms with Crippen LogP contribution in [0.25, 0.3) is 0 Å². The second-order valence-electron chi connectivity index (χ2n) is 6.20. The van der Waals surface area contributed by atoms with Crippen molar-refractivity contribution in [1.82, 2.24) is 20.3 Å². The molecule has 0 atom stereocenters. The molecule has 1 fully saturated rings. The monoisotopic (exact) mass is 347 g/mol. The average molecular weight is 348 g/mol. The molecular formula is C15H33N5O2S. The van der Waals surface area contributed by atoms with Crippen LogP contribution in [0.1, 0.15) is 40.0 Å². The Bertz CT molecular complexity index is 456. The van der Waals surface area contributed by atoms with Gasteiger partial charge in [0.05, 0.1) is 5.75 Å². The number of nitrogens with one attached hydrogen (secondary N) is 3. The standard InChI is InChI=1S/C15H33N5O2S/c1-5-23(21,22)18-10-6-9-17-15(16-4)19-14-7-11-20(12-8-14)13(2)3/h13-14,18H,5-12H2,1-4H3,(H2,16,17,19). The Morgan fingerprint density at radius 3 is 2.43 bits per heavy atom. The highest BCUT2D eigenvalue weighted by atomic mass is 32.2. The van der Waals surface area contributed by atoms with E-state index in [2.05, 4.69) is 39.1 Å². The van der Waals surface area contributed by atoms with E-state index < -0.39 is 10.0 Å². The van der Waals surface area contributed by atoms with Crippen molar-refractivity contribution in [2.45, 2.75) is 52.1 Å².